The van der Waals surface area contributed by atoms with Crippen LogP contribution in [0.5, 0.6) is 0 Å². The molecule has 0 fully saturated rings. The number of sulfone groups is 1. The van der Waals surface area contributed by atoms with Crippen molar-refractivity contribution in [3.63, 3.8) is 0 Å². The molecule has 0 radical (unpaired) electrons. The molecule has 3 nitrogen and oxygen atoms in total. The molecule has 0 bridgehead atoms. The van der Waals surface area contributed by atoms with E-state index in [0.29, 0.717) is 4.90 Å². The van der Waals surface area contributed by atoms with Crippen LogP contribution >= 0.6 is 0 Å². The van der Waals surface area contributed by atoms with E-state index in [1.807, 2.05) is 33.0 Å². The Balaban J connectivity index is 2.99. The molecule has 1 unspecified atom stereocenters. The quantitative estimate of drug-likeness (QED) is 0.909. The van der Waals surface area contributed by atoms with Crippen molar-refractivity contribution in [1.29, 1.82) is 0 Å². The highest BCUT2D eigenvalue weighted by atomic mass is 32.2. The van der Waals surface area contributed by atoms with Gasteiger partial charge in [0.1, 0.15) is 0 Å². The van der Waals surface area contributed by atoms with E-state index in [4.69, 9.17) is 0 Å². The maximum Gasteiger partial charge on any atom is 0.179 e. The first-order chi connectivity index (χ1) is 9.08. The van der Waals surface area contributed by atoms with Gasteiger partial charge in [0.05, 0.1) is 10.6 Å². The Labute approximate surface area is 123 Å². The summed E-state index contributed by atoms with van der Waals surface area (Å²) in [6.45, 7) is 10.4. The third kappa shape index (κ3) is 4.32. The lowest BCUT2D eigenvalue weighted by molar-refractivity contribution is 0.455. The van der Waals surface area contributed by atoms with Crippen molar-refractivity contribution in [2.45, 2.75) is 51.0 Å². The minimum absolute atomic E-state index is 0.0257. The summed E-state index contributed by atoms with van der Waals surface area (Å²) in [7, 11) is -1.43. The van der Waals surface area contributed by atoms with E-state index < -0.39 is 9.84 Å². The van der Waals surface area contributed by atoms with Crippen molar-refractivity contribution in [2.24, 2.45) is 5.92 Å². The van der Waals surface area contributed by atoms with E-state index in [0.717, 1.165) is 5.56 Å². The van der Waals surface area contributed by atoms with Crippen molar-refractivity contribution in [2.75, 3.05) is 12.8 Å². The van der Waals surface area contributed by atoms with Gasteiger partial charge in [-0.2, -0.15) is 0 Å². The monoisotopic (exact) mass is 297 g/mol. The van der Waals surface area contributed by atoms with E-state index in [2.05, 4.69) is 26.1 Å². The minimum atomic E-state index is -3.24. The fourth-order valence-electron chi connectivity index (χ4n) is 2.10. The normalized spacial score (nSPS) is 14.6. The Kier molecular flexibility index (Phi) is 5.39. The Morgan fingerprint density at radius 2 is 1.60 bits per heavy atom. The summed E-state index contributed by atoms with van der Waals surface area (Å²) >= 11 is 0. The van der Waals surface area contributed by atoms with Crippen LogP contribution in [0.1, 0.15) is 40.2 Å². The molecular formula is C16H27NO2S. The second-order valence-corrected chi connectivity index (χ2v) is 8.73. The minimum Gasteiger partial charge on any atom is -0.316 e. The molecule has 0 aromatic heterocycles. The van der Waals surface area contributed by atoms with Gasteiger partial charge in [-0.1, -0.05) is 46.8 Å². The molecule has 1 rings (SSSR count). The SMILES string of the molecule is CNC(CS(=O)(=O)c1ccc(C(C)(C)C)cc1)C(C)C. The highest BCUT2D eigenvalue weighted by molar-refractivity contribution is 7.91. The highest BCUT2D eigenvalue weighted by Crippen LogP contribution is 2.24. The predicted molar refractivity (Wildman–Crippen MR) is 84.9 cm³/mol. The second kappa shape index (κ2) is 6.27. The Bertz CT molecular complexity index is 525. The number of nitrogens with one attached hydrogen (secondary N) is 1. The number of hydrogen-bond acceptors (Lipinski definition) is 3. The lowest BCUT2D eigenvalue weighted by Gasteiger charge is -2.21. The molecule has 114 valence electrons. The summed E-state index contributed by atoms with van der Waals surface area (Å²) < 4.78 is 24.9. The zero-order valence-electron chi connectivity index (χ0n) is 13.4. The second-order valence-electron chi connectivity index (χ2n) is 6.69. The maximum absolute atomic E-state index is 12.4. The van der Waals surface area contributed by atoms with Crippen LogP contribution in [0.25, 0.3) is 0 Å². The molecule has 0 aliphatic carbocycles. The van der Waals surface area contributed by atoms with Crippen LogP contribution in [0, 0.1) is 5.92 Å². The molecular weight excluding hydrogens is 270 g/mol. The van der Waals surface area contributed by atoms with Gasteiger partial charge in [0.25, 0.3) is 0 Å². The summed E-state index contributed by atoms with van der Waals surface area (Å²) in [6, 6.07) is 7.25. The van der Waals surface area contributed by atoms with Crippen LogP contribution in [0.4, 0.5) is 0 Å². The largest absolute Gasteiger partial charge is 0.316 e. The molecule has 1 aromatic rings. The zero-order chi connectivity index (χ0) is 15.6. The third-order valence-corrected chi connectivity index (χ3v) is 5.44. The van der Waals surface area contributed by atoms with E-state index in [9.17, 15) is 8.42 Å². The predicted octanol–water partition coefficient (Wildman–Crippen LogP) is 3.00. The average molecular weight is 297 g/mol. The molecule has 0 saturated heterocycles. The summed E-state index contributed by atoms with van der Waals surface area (Å²) in [6.07, 6.45) is 0. The molecule has 0 heterocycles. The van der Waals surface area contributed by atoms with Crippen LogP contribution in [-0.4, -0.2) is 27.3 Å². The van der Waals surface area contributed by atoms with Crippen LogP contribution in [0.15, 0.2) is 29.2 Å². The fourth-order valence-corrected chi connectivity index (χ4v) is 3.87. The molecule has 0 saturated carbocycles. The van der Waals surface area contributed by atoms with Gasteiger partial charge >= 0.3 is 0 Å². The van der Waals surface area contributed by atoms with Crippen LogP contribution in [0.2, 0.25) is 0 Å². The van der Waals surface area contributed by atoms with E-state index in [-0.39, 0.29) is 23.1 Å². The Morgan fingerprint density at radius 1 is 1.10 bits per heavy atom. The van der Waals surface area contributed by atoms with Gasteiger partial charge in [0.15, 0.2) is 9.84 Å². The van der Waals surface area contributed by atoms with Crippen molar-refractivity contribution in [3.8, 4) is 0 Å². The van der Waals surface area contributed by atoms with Crippen molar-refractivity contribution in [1.82, 2.24) is 5.32 Å². The van der Waals surface area contributed by atoms with Crippen molar-refractivity contribution in [3.05, 3.63) is 29.8 Å². The van der Waals surface area contributed by atoms with Gasteiger partial charge in [0.2, 0.25) is 0 Å². The standard InChI is InChI=1S/C16H27NO2S/c1-12(2)15(17-6)11-20(18,19)14-9-7-13(8-10-14)16(3,4)5/h7-10,12,15,17H,11H2,1-6H3. The first kappa shape index (κ1) is 17.2. The summed E-state index contributed by atoms with van der Waals surface area (Å²) in [5.41, 5.74) is 1.18. The molecule has 0 aliphatic heterocycles. The zero-order valence-corrected chi connectivity index (χ0v) is 14.2. The number of benzene rings is 1. The number of rotatable bonds is 5. The van der Waals surface area contributed by atoms with E-state index in [1.54, 1.807) is 12.1 Å². The molecule has 0 spiro atoms. The van der Waals surface area contributed by atoms with Crippen LogP contribution < -0.4 is 5.32 Å². The molecule has 20 heavy (non-hydrogen) atoms. The molecule has 1 atom stereocenters. The van der Waals surface area contributed by atoms with E-state index in [1.165, 1.54) is 0 Å². The van der Waals surface area contributed by atoms with Gasteiger partial charge in [0, 0.05) is 6.04 Å². The lowest BCUT2D eigenvalue weighted by Crippen LogP contribution is -2.37. The van der Waals surface area contributed by atoms with Crippen LogP contribution in [-0.2, 0) is 15.3 Å². The number of hydrogen-bond donors (Lipinski definition) is 1. The van der Waals surface area contributed by atoms with Crippen LogP contribution in [0.3, 0.4) is 0 Å². The molecule has 0 amide bonds. The lowest BCUT2D eigenvalue weighted by atomic mass is 9.87. The fraction of sp³-hybridized carbons (Fsp3) is 0.625. The van der Waals surface area contributed by atoms with Gasteiger partial charge in [-0.15, -0.1) is 0 Å². The van der Waals surface area contributed by atoms with Gasteiger partial charge in [-0.3, -0.25) is 0 Å². The van der Waals surface area contributed by atoms with Gasteiger partial charge in [-0.25, -0.2) is 8.42 Å². The third-order valence-electron chi connectivity index (χ3n) is 3.65. The first-order valence-electron chi connectivity index (χ1n) is 7.08. The Morgan fingerprint density at radius 3 is 1.95 bits per heavy atom. The molecule has 4 heteroatoms. The van der Waals surface area contributed by atoms with E-state index >= 15 is 0 Å². The van der Waals surface area contributed by atoms with Crippen molar-refractivity contribution < 1.29 is 8.42 Å². The summed E-state index contributed by atoms with van der Waals surface area (Å²) in [5, 5.41) is 3.08. The molecule has 1 N–H and O–H groups in total. The van der Waals surface area contributed by atoms with Gasteiger partial charge in [-0.05, 0) is 36.1 Å². The summed E-state index contributed by atoms with van der Waals surface area (Å²) in [4.78, 5) is 0.409. The average Bonchev–Trinajstić information content (AvgIpc) is 2.35. The first-order valence-corrected chi connectivity index (χ1v) is 8.73. The molecule has 0 aliphatic rings. The summed E-state index contributed by atoms with van der Waals surface area (Å²) in [5.74, 6) is 0.416. The van der Waals surface area contributed by atoms with Crippen molar-refractivity contribution >= 4 is 9.84 Å². The maximum atomic E-state index is 12.4. The topological polar surface area (TPSA) is 46.2 Å². The molecule has 1 aromatic carbocycles. The highest BCUT2D eigenvalue weighted by Gasteiger charge is 2.23. The Hall–Kier alpha value is -0.870. The van der Waals surface area contributed by atoms with Gasteiger partial charge < -0.3 is 5.32 Å². The smallest absolute Gasteiger partial charge is 0.179 e.